The molecule has 0 amide bonds. The maximum Gasteiger partial charge on any atom is 0.269 e. The largest absolute Gasteiger partial charge is 0.504 e. The number of rotatable bonds is 5. The summed E-state index contributed by atoms with van der Waals surface area (Å²) in [5.74, 6) is 0.517. The van der Waals surface area contributed by atoms with Crippen LogP contribution in [0.5, 0.6) is 11.5 Å². The fraction of sp³-hybridized carbons (Fsp3) is 0.235. The zero-order chi connectivity index (χ0) is 17.1. The van der Waals surface area contributed by atoms with Gasteiger partial charge in [0, 0.05) is 17.7 Å². The van der Waals surface area contributed by atoms with Gasteiger partial charge in [-0.1, -0.05) is 5.16 Å². The van der Waals surface area contributed by atoms with Crippen molar-refractivity contribution in [3.05, 3.63) is 63.2 Å². The predicted octanol–water partition coefficient (Wildman–Crippen LogP) is 3.18. The summed E-state index contributed by atoms with van der Waals surface area (Å²) in [7, 11) is 1.51. The fourth-order valence-corrected chi connectivity index (χ4v) is 2.63. The van der Waals surface area contributed by atoms with Crippen LogP contribution < -0.4 is 4.74 Å². The topological polar surface area (TPSA) is 94.2 Å². The molecule has 3 rings (SSSR count). The van der Waals surface area contributed by atoms with Gasteiger partial charge in [-0.3, -0.25) is 10.1 Å². The molecule has 0 saturated carbocycles. The number of phenols is 1. The fourth-order valence-electron chi connectivity index (χ4n) is 2.63. The van der Waals surface area contributed by atoms with Crippen LogP contribution in [0.1, 0.15) is 23.1 Å². The Morgan fingerprint density at radius 3 is 2.67 bits per heavy atom. The Labute approximate surface area is 138 Å². The highest BCUT2D eigenvalue weighted by molar-refractivity contribution is 6.04. The van der Waals surface area contributed by atoms with Crippen LogP contribution >= 0.6 is 0 Å². The van der Waals surface area contributed by atoms with Crippen molar-refractivity contribution in [3.63, 3.8) is 0 Å². The predicted molar refractivity (Wildman–Crippen MR) is 87.4 cm³/mol. The van der Waals surface area contributed by atoms with Crippen LogP contribution in [-0.2, 0) is 17.9 Å². The Morgan fingerprint density at radius 2 is 2.00 bits per heavy atom. The van der Waals surface area contributed by atoms with Gasteiger partial charge in [-0.2, -0.15) is 0 Å². The van der Waals surface area contributed by atoms with Gasteiger partial charge in [-0.15, -0.1) is 0 Å². The molecule has 0 bridgehead atoms. The summed E-state index contributed by atoms with van der Waals surface area (Å²) in [6.07, 6.45) is 1.54. The van der Waals surface area contributed by atoms with E-state index in [4.69, 9.17) is 9.57 Å². The van der Waals surface area contributed by atoms with Crippen molar-refractivity contribution < 1.29 is 19.6 Å². The van der Waals surface area contributed by atoms with Crippen LogP contribution in [0.3, 0.4) is 0 Å². The first-order valence-corrected chi connectivity index (χ1v) is 7.41. The van der Waals surface area contributed by atoms with Crippen LogP contribution in [0.2, 0.25) is 0 Å². The third-order valence-electron chi connectivity index (χ3n) is 3.90. The lowest BCUT2D eigenvalue weighted by atomic mass is 10.1. The molecule has 2 aromatic carbocycles. The third-order valence-corrected chi connectivity index (χ3v) is 3.90. The Morgan fingerprint density at radius 1 is 1.25 bits per heavy atom. The standard InChI is InChI=1S/C17H16N2O5/c1-23-17-8-12-4-7-15(14(12)9-16(17)20)18-24-10-11-2-5-13(6-3-11)19(21)22/h2-3,5-6,8-9,20H,4,7,10H2,1H3/b18-15+. The molecule has 2 aromatic rings. The SMILES string of the molecule is COc1cc2c(cc1O)/C(=N/OCc1ccc([N+](=O)[O-])cc1)CC2. The number of methoxy groups -OCH3 is 1. The van der Waals surface area contributed by atoms with Gasteiger partial charge in [-0.25, -0.2) is 0 Å². The summed E-state index contributed by atoms with van der Waals surface area (Å²) in [6.45, 7) is 0.221. The second-order valence-electron chi connectivity index (χ2n) is 5.42. The number of nitrogens with zero attached hydrogens (tertiary/aromatic N) is 2. The molecule has 0 aliphatic heterocycles. The van der Waals surface area contributed by atoms with Crippen LogP contribution in [0.4, 0.5) is 5.69 Å². The van der Waals surface area contributed by atoms with Crippen molar-refractivity contribution in [3.8, 4) is 11.5 Å². The molecule has 1 aliphatic carbocycles. The molecule has 7 heteroatoms. The Bertz CT molecular complexity index is 799. The van der Waals surface area contributed by atoms with Crippen molar-refractivity contribution in [2.45, 2.75) is 19.4 Å². The molecule has 0 atom stereocenters. The molecular weight excluding hydrogens is 312 g/mol. The van der Waals surface area contributed by atoms with Gasteiger partial charge in [0.1, 0.15) is 6.61 Å². The average molecular weight is 328 g/mol. The van der Waals surface area contributed by atoms with E-state index < -0.39 is 4.92 Å². The van der Waals surface area contributed by atoms with Gasteiger partial charge in [0.25, 0.3) is 5.69 Å². The molecule has 24 heavy (non-hydrogen) atoms. The van der Waals surface area contributed by atoms with Gasteiger partial charge < -0.3 is 14.7 Å². The van der Waals surface area contributed by atoms with E-state index >= 15 is 0 Å². The van der Waals surface area contributed by atoms with Crippen LogP contribution in [0.15, 0.2) is 41.6 Å². The normalized spacial score (nSPS) is 14.5. The molecule has 0 heterocycles. The number of aryl methyl sites for hydroxylation is 1. The van der Waals surface area contributed by atoms with Crippen molar-refractivity contribution in [2.24, 2.45) is 5.16 Å². The molecule has 0 radical (unpaired) electrons. The van der Waals surface area contributed by atoms with Gasteiger partial charge in [0.2, 0.25) is 0 Å². The summed E-state index contributed by atoms with van der Waals surface area (Å²) < 4.78 is 5.10. The molecule has 124 valence electrons. The van der Waals surface area contributed by atoms with Gasteiger partial charge in [-0.05, 0) is 48.2 Å². The lowest BCUT2D eigenvalue weighted by molar-refractivity contribution is -0.384. The molecular formula is C17H16N2O5. The Balaban J connectivity index is 1.69. The molecule has 1 aliphatic rings. The number of aromatic hydroxyl groups is 1. The minimum Gasteiger partial charge on any atom is -0.504 e. The summed E-state index contributed by atoms with van der Waals surface area (Å²) in [5.41, 5.74) is 3.52. The van der Waals surface area contributed by atoms with Gasteiger partial charge in [0.15, 0.2) is 11.5 Å². The minimum absolute atomic E-state index is 0.0409. The van der Waals surface area contributed by atoms with E-state index in [0.717, 1.165) is 35.2 Å². The van der Waals surface area contributed by atoms with E-state index in [1.165, 1.54) is 19.2 Å². The smallest absolute Gasteiger partial charge is 0.269 e. The second kappa shape index (κ2) is 6.57. The third kappa shape index (κ3) is 3.15. The van der Waals surface area contributed by atoms with Crippen molar-refractivity contribution in [2.75, 3.05) is 7.11 Å². The summed E-state index contributed by atoms with van der Waals surface area (Å²) in [6, 6.07) is 9.58. The van der Waals surface area contributed by atoms with Gasteiger partial charge in [0.05, 0.1) is 17.7 Å². The number of benzene rings is 2. The van der Waals surface area contributed by atoms with Gasteiger partial charge >= 0.3 is 0 Å². The van der Waals surface area contributed by atoms with E-state index in [0.29, 0.717) is 5.75 Å². The molecule has 1 N–H and O–H groups in total. The zero-order valence-electron chi connectivity index (χ0n) is 13.1. The van der Waals surface area contributed by atoms with E-state index in [1.54, 1.807) is 18.2 Å². The number of hydrogen-bond acceptors (Lipinski definition) is 6. The second-order valence-corrected chi connectivity index (χ2v) is 5.42. The number of non-ortho nitro benzene ring substituents is 1. The number of phenolic OH excluding ortho intramolecular Hbond substituents is 1. The zero-order valence-corrected chi connectivity index (χ0v) is 13.1. The maximum absolute atomic E-state index is 10.6. The Kier molecular flexibility index (Phi) is 4.33. The molecule has 7 nitrogen and oxygen atoms in total. The van der Waals surface area contributed by atoms with E-state index in [9.17, 15) is 15.2 Å². The van der Waals surface area contributed by atoms with Crippen LogP contribution in [-0.4, -0.2) is 22.9 Å². The quantitative estimate of drug-likeness (QED) is 0.672. The lowest BCUT2D eigenvalue weighted by Crippen LogP contribution is -1.98. The van der Waals surface area contributed by atoms with E-state index in [2.05, 4.69) is 5.16 Å². The number of nitro benzene ring substituents is 1. The number of nitro groups is 1. The number of fused-ring (bicyclic) bond motifs is 1. The highest BCUT2D eigenvalue weighted by atomic mass is 16.6. The first-order chi connectivity index (χ1) is 11.6. The summed E-state index contributed by atoms with van der Waals surface area (Å²) in [5, 5.41) is 24.6. The first-order valence-electron chi connectivity index (χ1n) is 7.41. The summed E-state index contributed by atoms with van der Waals surface area (Å²) >= 11 is 0. The minimum atomic E-state index is -0.443. The molecule has 0 spiro atoms. The molecule has 0 aromatic heterocycles. The summed E-state index contributed by atoms with van der Waals surface area (Å²) in [4.78, 5) is 15.5. The molecule has 0 saturated heterocycles. The van der Waals surface area contributed by atoms with E-state index in [-0.39, 0.29) is 18.0 Å². The highest BCUT2D eigenvalue weighted by Crippen LogP contribution is 2.34. The van der Waals surface area contributed by atoms with E-state index in [1.807, 2.05) is 6.07 Å². The number of oxime groups is 1. The van der Waals surface area contributed by atoms with Crippen LogP contribution in [0, 0.1) is 10.1 Å². The molecule has 0 fully saturated rings. The number of ether oxygens (including phenoxy) is 1. The lowest BCUT2D eigenvalue weighted by Gasteiger charge is -2.07. The van der Waals surface area contributed by atoms with Crippen LogP contribution in [0.25, 0.3) is 0 Å². The Hall–Kier alpha value is -3.09. The van der Waals surface area contributed by atoms with Crippen molar-refractivity contribution >= 4 is 11.4 Å². The maximum atomic E-state index is 10.6. The highest BCUT2D eigenvalue weighted by Gasteiger charge is 2.21. The molecule has 0 unspecified atom stereocenters. The van der Waals surface area contributed by atoms with Crippen molar-refractivity contribution in [1.82, 2.24) is 0 Å². The monoisotopic (exact) mass is 328 g/mol. The first kappa shape index (κ1) is 15.8. The van der Waals surface area contributed by atoms with Crippen molar-refractivity contribution in [1.29, 1.82) is 0 Å². The average Bonchev–Trinajstić information content (AvgIpc) is 2.96. The number of hydrogen-bond donors (Lipinski definition) is 1.